The largest absolute Gasteiger partial charge is 0.444 e. The molecule has 2 aromatic heterocycles. The zero-order valence-electron chi connectivity index (χ0n) is 15.2. The number of carbonyl (C=O) groups is 1. The van der Waals surface area contributed by atoms with E-state index in [-0.39, 0.29) is 22.6 Å². The number of halogens is 1. The minimum Gasteiger partial charge on any atom is -0.444 e. The van der Waals surface area contributed by atoms with Crippen molar-refractivity contribution in [2.45, 2.75) is 38.8 Å². The number of hydrogen-bond acceptors (Lipinski definition) is 7. The smallest absolute Gasteiger partial charge is 0.410 e. The molecule has 3 rings (SSSR count). The summed E-state index contributed by atoms with van der Waals surface area (Å²) in [5.41, 5.74) is 0.307. The van der Waals surface area contributed by atoms with E-state index in [1.807, 2.05) is 0 Å². The van der Waals surface area contributed by atoms with Gasteiger partial charge in [0.25, 0.3) is 0 Å². The summed E-state index contributed by atoms with van der Waals surface area (Å²) in [4.78, 5) is 33.0. The van der Waals surface area contributed by atoms with Crippen LogP contribution in [-0.4, -0.2) is 50.6 Å². The summed E-state index contributed by atoms with van der Waals surface area (Å²) in [7, 11) is 0. The van der Waals surface area contributed by atoms with Crippen molar-refractivity contribution in [3.8, 4) is 0 Å². The first-order valence-corrected chi connectivity index (χ1v) is 8.86. The fourth-order valence-electron chi connectivity index (χ4n) is 2.89. The van der Waals surface area contributed by atoms with E-state index >= 15 is 0 Å². The first kappa shape index (κ1) is 19.1. The SMILES string of the molecule is CC(C)(C)OC(=O)N1CC[C@H](Nc2c([N+](=O)[O-])cnc3ccc(Cl)nc23)C1. The molecule has 0 spiro atoms. The molecule has 3 heterocycles. The maximum atomic E-state index is 12.2. The van der Waals surface area contributed by atoms with Gasteiger partial charge >= 0.3 is 11.8 Å². The second-order valence-corrected chi connectivity index (χ2v) is 7.72. The predicted molar refractivity (Wildman–Crippen MR) is 101 cm³/mol. The predicted octanol–water partition coefficient (Wildman–Crippen LogP) is 3.61. The molecule has 1 aliphatic rings. The van der Waals surface area contributed by atoms with Gasteiger partial charge in [0, 0.05) is 19.1 Å². The van der Waals surface area contributed by atoms with Crippen molar-refractivity contribution in [2.24, 2.45) is 0 Å². The Morgan fingerprint density at radius 3 is 2.85 bits per heavy atom. The standard InChI is InChI=1S/C17H20ClN5O4/c1-17(2,3)27-16(24)22-7-6-10(9-22)20-15-12(23(25)26)8-19-11-4-5-13(18)21-14(11)15/h4-5,8,10H,6-7,9H2,1-3H3,(H,19,20)/t10-/m0/s1. The van der Waals surface area contributed by atoms with Crippen LogP contribution in [0, 0.1) is 10.1 Å². The van der Waals surface area contributed by atoms with Gasteiger partial charge in [-0.25, -0.2) is 14.8 Å². The summed E-state index contributed by atoms with van der Waals surface area (Å²) in [6.07, 6.45) is 1.42. The van der Waals surface area contributed by atoms with Gasteiger partial charge in [0.2, 0.25) is 0 Å². The molecule has 2 aromatic rings. The van der Waals surface area contributed by atoms with Crippen LogP contribution < -0.4 is 5.32 Å². The first-order chi connectivity index (χ1) is 12.6. The van der Waals surface area contributed by atoms with Gasteiger partial charge < -0.3 is 15.0 Å². The van der Waals surface area contributed by atoms with Crippen molar-refractivity contribution in [3.63, 3.8) is 0 Å². The van der Waals surface area contributed by atoms with E-state index in [0.29, 0.717) is 30.5 Å². The Kier molecular flexibility index (Phi) is 5.05. The van der Waals surface area contributed by atoms with E-state index in [1.165, 1.54) is 6.20 Å². The molecule has 1 amide bonds. The number of carbonyl (C=O) groups excluding carboxylic acids is 1. The molecule has 144 valence electrons. The molecule has 27 heavy (non-hydrogen) atoms. The molecule has 1 saturated heterocycles. The van der Waals surface area contributed by atoms with Crippen LogP contribution in [0.4, 0.5) is 16.2 Å². The number of ether oxygens (including phenoxy) is 1. The minimum absolute atomic E-state index is 0.178. The van der Waals surface area contributed by atoms with Crippen LogP contribution in [0.25, 0.3) is 11.0 Å². The molecule has 10 heteroatoms. The van der Waals surface area contributed by atoms with Crippen molar-refractivity contribution in [1.82, 2.24) is 14.9 Å². The average molecular weight is 394 g/mol. The van der Waals surface area contributed by atoms with E-state index in [0.717, 1.165) is 0 Å². The minimum atomic E-state index is -0.580. The maximum absolute atomic E-state index is 12.2. The van der Waals surface area contributed by atoms with Gasteiger partial charge in [-0.2, -0.15) is 0 Å². The van der Waals surface area contributed by atoms with Crippen LogP contribution in [0.2, 0.25) is 5.15 Å². The van der Waals surface area contributed by atoms with E-state index in [2.05, 4.69) is 15.3 Å². The second-order valence-electron chi connectivity index (χ2n) is 7.33. The summed E-state index contributed by atoms with van der Waals surface area (Å²) < 4.78 is 5.38. The van der Waals surface area contributed by atoms with Gasteiger partial charge in [0.15, 0.2) is 0 Å². The van der Waals surface area contributed by atoms with Crippen molar-refractivity contribution in [2.75, 3.05) is 18.4 Å². The third kappa shape index (κ3) is 4.36. The number of fused-ring (bicyclic) bond motifs is 1. The van der Waals surface area contributed by atoms with Crippen LogP contribution >= 0.6 is 11.6 Å². The molecular formula is C17H20ClN5O4. The number of nitrogens with one attached hydrogen (secondary N) is 1. The number of likely N-dealkylation sites (tertiary alicyclic amines) is 1. The van der Waals surface area contributed by atoms with Crippen molar-refractivity contribution in [1.29, 1.82) is 0 Å². The highest BCUT2D eigenvalue weighted by Gasteiger charge is 2.31. The van der Waals surface area contributed by atoms with Gasteiger partial charge in [-0.3, -0.25) is 10.1 Å². The lowest BCUT2D eigenvalue weighted by molar-refractivity contribution is -0.384. The molecule has 9 nitrogen and oxygen atoms in total. The van der Waals surface area contributed by atoms with E-state index in [1.54, 1.807) is 37.8 Å². The number of hydrogen-bond donors (Lipinski definition) is 1. The van der Waals surface area contributed by atoms with Crippen molar-refractivity contribution >= 4 is 40.1 Å². The molecule has 0 bridgehead atoms. The lowest BCUT2D eigenvalue weighted by atomic mass is 10.2. The molecule has 0 saturated carbocycles. The molecule has 0 aliphatic carbocycles. The molecule has 0 radical (unpaired) electrons. The molecule has 1 N–H and O–H groups in total. The summed E-state index contributed by atoms with van der Waals surface area (Å²) >= 11 is 5.96. The zero-order chi connectivity index (χ0) is 19.8. The van der Waals surface area contributed by atoms with E-state index in [9.17, 15) is 14.9 Å². The number of anilines is 1. The van der Waals surface area contributed by atoms with Gasteiger partial charge in [0.05, 0.1) is 10.4 Å². The topological polar surface area (TPSA) is 110 Å². The van der Waals surface area contributed by atoms with Crippen LogP contribution in [0.15, 0.2) is 18.3 Å². The average Bonchev–Trinajstić information content (AvgIpc) is 3.02. The normalized spacial score (nSPS) is 17.2. The van der Waals surface area contributed by atoms with Gasteiger partial charge in [-0.15, -0.1) is 0 Å². The molecular weight excluding hydrogens is 374 g/mol. The number of aromatic nitrogens is 2. The van der Waals surface area contributed by atoms with Crippen LogP contribution in [0.5, 0.6) is 0 Å². The van der Waals surface area contributed by atoms with Crippen molar-refractivity contribution in [3.05, 3.63) is 33.6 Å². The maximum Gasteiger partial charge on any atom is 0.410 e. The molecule has 1 aliphatic heterocycles. The monoisotopic (exact) mass is 393 g/mol. The Morgan fingerprint density at radius 2 is 2.19 bits per heavy atom. The lowest BCUT2D eigenvalue weighted by Gasteiger charge is -2.24. The summed E-state index contributed by atoms with van der Waals surface area (Å²) in [6, 6.07) is 3.05. The summed E-state index contributed by atoms with van der Waals surface area (Å²) in [6.45, 7) is 6.28. The highest BCUT2D eigenvalue weighted by molar-refractivity contribution is 6.29. The molecule has 1 fully saturated rings. The fourth-order valence-corrected chi connectivity index (χ4v) is 3.04. The second kappa shape index (κ2) is 7.15. The molecule has 1 atom stereocenters. The zero-order valence-corrected chi connectivity index (χ0v) is 16.0. The molecule has 0 unspecified atom stereocenters. The van der Waals surface area contributed by atoms with Gasteiger partial charge in [-0.05, 0) is 39.3 Å². The number of pyridine rings is 2. The Bertz CT molecular complexity index is 899. The number of nitrogens with zero attached hydrogens (tertiary/aromatic N) is 4. The van der Waals surface area contributed by atoms with E-state index in [4.69, 9.17) is 16.3 Å². The van der Waals surface area contributed by atoms with Crippen LogP contribution in [-0.2, 0) is 4.74 Å². The third-order valence-corrected chi connectivity index (χ3v) is 4.25. The summed E-state index contributed by atoms with van der Waals surface area (Å²) in [5, 5.41) is 14.8. The summed E-state index contributed by atoms with van der Waals surface area (Å²) in [5.74, 6) is 0. The quantitative estimate of drug-likeness (QED) is 0.481. The number of amides is 1. The van der Waals surface area contributed by atoms with Crippen LogP contribution in [0.1, 0.15) is 27.2 Å². The Hall–Kier alpha value is -2.68. The fraction of sp³-hybridized carbons (Fsp3) is 0.471. The van der Waals surface area contributed by atoms with E-state index < -0.39 is 16.6 Å². The Balaban J connectivity index is 1.84. The van der Waals surface area contributed by atoms with Gasteiger partial charge in [-0.1, -0.05) is 11.6 Å². The number of rotatable bonds is 3. The van der Waals surface area contributed by atoms with Gasteiger partial charge in [0.1, 0.15) is 28.2 Å². The highest BCUT2D eigenvalue weighted by Crippen LogP contribution is 2.32. The van der Waals surface area contributed by atoms with Crippen molar-refractivity contribution < 1.29 is 14.5 Å². The number of nitro groups is 1. The third-order valence-electron chi connectivity index (χ3n) is 4.04. The Morgan fingerprint density at radius 1 is 1.44 bits per heavy atom. The lowest BCUT2D eigenvalue weighted by Crippen LogP contribution is -2.36. The highest BCUT2D eigenvalue weighted by atomic mass is 35.5. The molecule has 0 aromatic carbocycles. The first-order valence-electron chi connectivity index (χ1n) is 8.48. The Labute approximate surface area is 160 Å². The van der Waals surface area contributed by atoms with Crippen LogP contribution in [0.3, 0.4) is 0 Å².